The van der Waals surface area contributed by atoms with Crippen LogP contribution >= 0.6 is 0 Å². The molecule has 0 aromatic rings. The van der Waals surface area contributed by atoms with Crippen molar-refractivity contribution < 1.29 is 8.76 Å². The fourth-order valence-electron chi connectivity index (χ4n) is 0.641. The summed E-state index contributed by atoms with van der Waals surface area (Å²) < 4.78 is 18.3. The van der Waals surface area contributed by atoms with Gasteiger partial charge in [0.2, 0.25) is 0 Å². The molecule has 0 heterocycles. The first kappa shape index (κ1) is 5.98. The summed E-state index contributed by atoms with van der Waals surface area (Å²) in [4.78, 5) is 0. The lowest BCUT2D eigenvalue weighted by Crippen LogP contribution is -1.97. The Bertz CT molecular complexity index is 133. The maximum atomic E-state index is 10.0. The van der Waals surface area contributed by atoms with E-state index in [2.05, 4.69) is 0 Å². The summed E-state index contributed by atoms with van der Waals surface area (Å²) in [5, 5.41) is 1.42. The molecule has 3 heteroatoms. The molecule has 0 aromatic heterocycles. The Morgan fingerprint density at radius 2 is 2.25 bits per heavy atom. The van der Waals surface area contributed by atoms with Crippen molar-refractivity contribution in [2.45, 2.75) is 19.3 Å². The second-order valence-corrected chi connectivity index (χ2v) is 2.69. The third-order valence-electron chi connectivity index (χ3n) is 1.26. The van der Waals surface area contributed by atoms with Gasteiger partial charge in [0.15, 0.2) is 11.1 Å². The third-order valence-corrected chi connectivity index (χ3v) is 1.80. The van der Waals surface area contributed by atoms with Gasteiger partial charge >= 0.3 is 0 Å². The Kier molecular flexibility index (Phi) is 1.81. The van der Waals surface area contributed by atoms with Crippen LogP contribution in [-0.4, -0.2) is 8.76 Å². The molecule has 0 amide bonds. The van der Waals surface area contributed by atoms with E-state index in [1.165, 1.54) is 11.8 Å². The number of allylic oxidation sites excluding steroid dienone is 1. The molecule has 1 atom stereocenters. The molecular weight excluding hydrogens is 124 g/mol. The van der Waals surface area contributed by atoms with Gasteiger partial charge in [-0.25, -0.2) is 4.21 Å². The van der Waals surface area contributed by atoms with Crippen LogP contribution in [0.3, 0.4) is 0 Å². The minimum absolute atomic E-state index is 1.02. The van der Waals surface area contributed by atoms with Crippen LogP contribution in [0.4, 0.5) is 0 Å². The lowest BCUT2D eigenvalue weighted by atomic mass is 9.95. The van der Waals surface area contributed by atoms with Crippen LogP contribution in [0.2, 0.25) is 0 Å². The van der Waals surface area contributed by atoms with Gasteiger partial charge in [-0.3, -0.25) is 0 Å². The van der Waals surface area contributed by atoms with Gasteiger partial charge in [-0.1, -0.05) is 5.57 Å². The van der Waals surface area contributed by atoms with Gasteiger partial charge in [0.25, 0.3) is 0 Å². The Labute approximate surface area is 50.9 Å². The normalized spacial score (nSPS) is 21.9. The van der Waals surface area contributed by atoms with Gasteiger partial charge in [0.05, 0.1) is 0 Å². The van der Waals surface area contributed by atoms with Gasteiger partial charge in [-0.05, 0) is 19.3 Å². The topological polar surface area (TPSA) is 37.3 Å². The van der Waals surface area contributed by atoms with Crippen LogP contribution in [0.25, 0.3) is 0 Å². The number of rotatable bonds is 1. The van der Waals surface area contributed by atoms with Gasteiger partial charge in [0, 0.05) is 5.41 Å². The van der Waals surface area contributed by atoms with Gasteiger partial charge < -0.3 is 4.55 Å². The summed E-state index contributed by atoms with van der Waals surface area (Å²) in [6.45, 7) is 0. The van der Waals surface area contributed by atoms with Gasteiger partial charge in [-0.15, -0.1) is 0 Å². The molecule has 2 nitrogen and oxygen atoms in total. The molecular formula is C5H8O2S. The summed E-state index contributed by atoms with van der Waals surface area (Å²) in [7, 11) is 0. The van der Waals surface area contributed by atoms with Crippen molar-refractivity contribution in [1.82, 2.24) is 0 Å². The molecule has 1 rings (SSSR count). The van der Waals surface area contributed by atoms with E-state index in [1.54, 1.807) is 0 Å². The Hall–Kier alpha value is -0.150. The smallest absolute Gasteiger partial charge is 0.178 e. The maximum Gasteiger partial charge on any atom is 0.178 e. The van der Waals surface area contributed by atoms with Crippen LogP contribution in [-0.2, 0) is 11.1 Å². The fraction of sp³-hybridized carbons (Fsp3) is 0.600. The molecule has 0 saturated heterocycles. The van der Waals surface area contributed by atoms with Gasteiger partial charge in [0.1, 0.15) is 0 Å². The highest BCUT2D eigenvalue weighted by Crippen LogP contribution is 2.24. The Morgan fingerprint density at radius 1 is 1.62 bits per heavy atom. The van der Waals surface area contributed by atoms with Crippen molar-refractivity contribution in [1.29, 1.82) is 0 Å². The average Bonchev–Trinajstić information content (AvgIpc) is 1.55. The van der Waals surface area contributed by atoms with Crippen molar-refractivity contribution in [3.05, 3.63) is 11.0 Å². The quantitative estimate of drug-likeness (QED) is 0.545. The van der Waals surface area contributed by atoms with E-state index in [1.807, 2.05) is 0 Å². The van der Waals surface area contributed by atoms with E-state index in [-0.39, 0.29) is 0 Å². The minimum Gasteiger partial charge on any atom is -0.303 e. The second kappa shape index (κ2) is 2.42. The fourth-order valence-corrected chi connectivity index (χ4v) is 1.16. The van der Waals surface area contributed by atoms with E-state index < -0.39 is 11.1 Å². The molecule has 1 N–H and O–H groups in total. The Balaban J connectivity index is 2.42. The molecule has 46 valence electrons. The first-order chi connectivity index (χ1) is 3.79. The highest BCUT2D eigenvalue weighted by molar-refractivity contribution is 7.82. The third kappa shape index (κ3) is 1.42. The molecule has 1 fully saturated rings. The first-order valence-corrected chi connectivity index (χ1v) is 3.75. The lowest BCUT2D eigenvalue weighted by Gasteiger charge is -2.13. The molecule has 1 aliphatic carbocycles. The highest BCUT2D eigenvalue weighted by Gasteiger charge is 2.07. The molecule has 0 radical (unpaired) electrons. The highest BCUT2D eigenvalue weighted by atomic mass is 32.2. The molecule has 0 aliphatic heterocycles. The van der Waals surface area contributed by atoms with E-state index in [0.29, 0.717) is 0 Å². The van der Waals surface area contributed by atoms with Crippen molar-refractivity contribution >= 4 is 11.1 Å². The monoisotopic (exact) mass is 132 g/mol. The van der Waals surface area contributed by atoms with Crippen LogP contribution < -0.4 is 0 Å². The van der Waals surface area contributed by atoms with Crippen molar-refractivity contribution in [3.8, 4) is 0 Å². The zero-order chi connectivity index (χ0) is 5.98. The summed E-state index contributed by atoms with van der Waals surface area (Å²) in [5.74, 6) is 0. The van der Waals surface area contributed by atoms with E-state index in [4.69, 9.17) is 4.55 Å². The summed E-state index contributed by atoms with van der Waals surface area (Å²) >= 11 is -1.71. The first-order valence-electron chi connectivity index (χ1n) is 2.58. The van der Waals surface area contributed by atoms with Crippen LogP contribution in [0.1, 0.15) is 19.3 Å². The van der Waals surface area contributed by atoms with Gasteiger partial charge in [-0.2, -0.15) is 0 Å². The standard InChI is InChI=1S/C5H8O2S/c6-8(7)4-5-2-1-3-5/h4H,1-3H2,(H,6,7). The molecule has 0 spiro atoms. The number of hydrogen-bond acceptors (Lipinski definition) is 1. The average molecular weight is 132 g/mol. The predicted molar refractivity (Wildman–Crippen MR) is 32.7 cm³/mol. The maximum absolute atomic E-state index is 10.0. The van der Waals surface area contributed by atoms with Crippen molar-refractivity contribution in [2.75, 3.05) is 0 Å². The molecule has 0 bridgehead atoms. The van der Waals surface area contributed by atoms with Crippen LogP contribution in [0.5, 0.6) is 0 Å². The zero-order valence-electron chi connectivity index (χ0n) is 4.46. The summed E-state index contributed by atoms with van der Waals surface area (Å²) in [5.41, 5.74) is 1.13. The van der Waals surface area contributed by atoms with Crippen LogP contribution in [0.15, 0.2) is 11.0 Å². The molecule has 1 unspecified atom stereocenters. The van der Waals surface area contributed by atoms with E-state index in [9.17, 15) is 4.21 Å². The van der Waals surface area contributed by atoms with Crippen molar-refractivity contribution in [2.24, 2.45) is 0 Å². The largest absolute Gasteiger partial charge is 0.303 e. The molecule has 8 heavy (non-hydrogen) atoms. The molecule has 1 saturated carbocycles. The van der Waals surface area contributed by atoms with Crippen LogP contribution in [0, 0.1) is 0 Å². The van der Waals surface area contributed by atoms with E-state index in [0.717, 1.165) is 18.4 Å². The summed E-state index contributed by atoms with van der Waals surface area (Å²) in [6, 6.07) is 0. The molecule has 0 aromatic carbocycles. The SMILES string of the molecule is O=S(O)C=C1CCC1. The Morgan fingerprint density at radius 3 is 2.38 bits per heavy atom. The zero-order valence-corrected chi connectivity index (χ0v) is 5.28. The predicted octanol–water partition coefficient (Wildman–Crippen LogP) is 1.28. The number of hydrogen-bond donors (Lipinski definition) is 1. The van der Waals surface area contributed by atoms with E-state index >= 15 is 0 Å². The van der Waals surface area contributed by atoms with Crippen molar-refractivity contribution in [3.63, 3.8) is 0 Å². The lowest BCUT2D eigenvalue weighted by molar-refractivity contribution is 0.571. The molecule has 1 aliphatic rings. The second-order valence-electron chi connectivity index (χ2n) is 1.91. The minimum atomic E-state index is -1.71. The summed E-state index contributed by atoms with van der Waals surface area (Å²) in [6.07, 6.45) is 3.22.